The summed E-state index contributed by atoms with van der Waals surface area (Å²) in [6.07, 6.45) is 10.6. The number of carbonyl (C=O) groups excluding carboxylic acids is 2. The average molecular weight is 439 g/mol. The van der Waals surface area contributed by atoms with Gasteiger partial charge in [0.15, 0.2) is 5.78 Å². The van der Waals surface area contributed by atoms with E-state index < -0.39 is 5.41 Å². The molecule has 3 heteroatoms. The van der Waals surface area contributed by atoms with Gasteiger partial charge in [0.05, 0.1) is 0 Å². The first-order valence-electron chi connectivity index (χ1n) is 12.7. The van der Waals surface area contributed by atoms with E-state index in [0.29, 0.717) is 18.8 Å². The van der Waals surface area contributed by atoms with Gasteiger partial charge in [0.2, 0.25) is 0 Å². The molecule has 0 heterocycles. The lowest BCUT2D eigenvalue weighted by atomic mass is 9.62. The van der Waals surface area contributed by atoms with Crippen LogP contribution in [0.15, 0.2) is 42.5 Å². The van der Waals surface area contributed by atoms with Crippen molar-refractivity contribution in [3.8, 4) is 0 Å². The van der Waals surface area contributed by atoms with Crippen molar-refractivity contribution in [1.82, 2.24) is 0 Å². The van der Waals surface area contributed by atoms with Crippen LogP contribution in [0, 0.1) is 23.2 Å². The normalized spacial score (nSPS) is 31.6. The van der Waals surface area contributed by atoms with Crippen molar-refractivity contribution in [2.75, 3.05) is 0 Å². The number of carbonyl (C=O) groups is 2. The Morgan fingerprint density at radius 1 is 1.19 bits per heavy atom. The molecule has 0 bridgehead atoms. The van der Waals surface area contributed by atoms with E-state index in [-0.39, 0.29) is 35.1 Å². The molecule has 32 heavy (non-hydrogen) atoms. The Morgan fingerprint density at radius 2 is 1.91 bits per heavy atom. The van der Waals surface area contributed by atoms with Gasteiger partial charge in [-0.05, 0) is 61.8 Å². The molecule has 2 fully saturated rings. The Balaban J connectivity index is 1.93. The summed E-state index contributed by atoms with van der Waals surface area (Å²) in [6.45, 7) is 10.8. The highest BCUT2D eigenvalue weighted by Crippen LogP contribution is 2.48. The summed E-state index contributed by atoms with van der Waals surface area (Å²) in [5, 5.41) is 0. The largest absolute Gasteiger partial charge is 0.461 e. The molecule has 0 spiro atoms. The smallest absolute Gasteiger partial charge is 0.320 e. The minimum atomic E-state index is -1.01. The minimum absolute atomic E-state index is 0.0530. The van der Waals surface area contributed by atoms with Crippen LogP contribution in [0.5, 0.6) is 0 Å². The number of hydrogen-bond donors (Lipinski definition) is 0. The molecule has 0 aromatic heterocycles. The lowest BCUT2D eigenvalue weighted by Gasteiger charge is -2.46. The quantitative estimate of drug-likeness (QED) is 0.260. The molecule has 0 radical (unpaired) electrons. The molecule has 0 unspecified atom stereocenters. The van der Waals surface area contributed by atoms with E-state index >= 15 is 0 Å². The van der Waals surface area contributed by atoms with Gasteiger partial charge in [0.25, 0.3) is 0 Å². The predicted octanol–water partition coefficient (Wildman–Crippen LogP) is 7.04. The van der Waals surface area contributed by atoms with E-state index in [1.54, 1.807) is 0 Å². The van der Waals surface area contributed by atoms with Gasteiger partial charge >= 0.3 is 5.97 Å². The third-order valence-electron chi connectivity index (χ3n) is 8.24. The van der Waals surface area contributed by atoms with Gasteiger partial charge in [-0.2, -0.15) is 0 Å². The second-order valence-corrected chi connectivity index (χ2v) is 10.7. The molecular weight excluding hydrogens is 396 g/mol. The summed E-state index contributed by atoms with van der Waals surface area (Å²) in [4.78, 5) is 27.2. The topological polar surface area (TPSA) is 43.4 Å². The van der Waals surface area contributed by atoms with Crippen LogP contribution in [0.1, 0.15) is 91.5 Å². The van der Waals surface area contributed by atoms with Crippen LogP contribution in [0.4, 0.5) is 0 Å². The molecule has 0 N–H and O–H groups in total. The molecule has 3 nitrogen and oxygen atoms in total. The Bertz CT molecular complexity index is 809. The summed E-state index contributed by atoms with van der Waals surface area (Å²) in [5.41, 5.74) is 0.162. The fraction of sp³-hybridized carbons (Fsp3) is 0.655. The van der Waals surface area contributed by atoms with Crippen molar-refractivity contribution >= 4 is 11.8 Å². The van der Waals surface area contributed by atoms with Crippen molar-refractivity contribution < 1.29 is 14.3 Å². The number of hydrogen-bond acceptors (Lipinski definition) is 3. The molecular formula is C29H42O3. The van der Waals surface area contributed by atoms with Crippen LogP contribution in [-0.2, 0) is 19.7 Å². The second kappa shape index (κ2) is 10.4. The zero-order chi connectivity index (χ0) is 23.4. The second-order valence-electron chi connectivity index (χ2n) is 10.7. The highest BCUT2D eigenvalue weighted by Gasteiger charge is 2.54. The molecule has 2 saturated carbocycles. The van der Waals surface area contributed by atoms with E-state index in [9.17, 15) is 9.59 Å². The van der Waals surface area contributed by atoms with Gasteiger partial charge in [0.1, 0.15) is 11.5 Å². The Labute approximate surface area is 195 Å². The van der Waals surface area contributed by atoms with Crippen LogP contribution in [0.2, 0.25) is 0 Å². The minimum Gasteiger partial charge on any atom is -0.461 e. The molecule has 176 valence electrons. The number of rotatable bonds is 7. The Morgan fingerprint density at radius 3 is 2.56 bits per heavy atom. The van der Waals surface area contributed by atoms with E-state index in [1.165, 1.54) is 5.56 Å². The van der Waals surface area contributed by atoms with Gasteiger partial charge < -0.3 is 4.74 Å². The number of esters is 1. The summed E-state index contributed by atoms with van der Waals surface area (Å²) in [7, 11) is 0. The maximum atomic E-state index is 13.9. The zero-order valence-electron chi connectivity index (χ0n) is 20.7. The standard InChI is InChI=1S/C29H42O3/c1-6-12-23-15-11-16-26(30)29(23,19-7-2)27(31)32-25-20-21(3)17-18-24(25)28(4,5)22-13-9-8-10-14-22/h6,8-10,12-14,21,23-25H,7,11,15-20H2,1-5H3/b12-6+/t21-,23+,24-,25-,29+/m1/s1. The van der Waals surface area contributed by atoms with Crippen LogP contribution in [0.25, 0.3) is 0 Å². The average Bonchev–Trinajstić information content (AvgIpc) is 2.77. The monoisotopic (exact) mass is 438 g/mol. The number of ketones is 1. The summed E-state index contributed by atoms with van der Waals surface area (Å²) >= 11 is 0. The Kier molecular flexibility index (Phi) is 8.01. The first-order valence-corrected chi connectivity index (χ1v) is 12.7. The molecule has 0 aliphatic heterocycles. The predicted molar refractivity (Wildman–Crippen MR) is 130 cm³/mol. The molecule has 2 aliphatic carbocycles. The van der Waals surface area contributed by atoms with Crippen LogP contribution < -0.4 is 0 Å². The van der Waals surface area contributed by atoms with Crippen molar-refractivity contribution in [3.05, 3.63) is 48.0 Å². The maximum Gasteiger partial charge on any atom is 0.320 e. The molecule has 2 aliphatic rings. The van der Waals surface area contributed by atoms with Crippen LogP contribution in [0.3, 0.4) is 0 Å². The first-order chi connectivity index (χ1) is 15.3. The Hall–Kier alpha value is -1.90. The number of Topliss-reactive ketones (excluding diaryl/α,β-unsaturated/α-hetero) is 1. The first kappa shape index (κ1) is 24.7. The van der Waals surface area contributed by atoms with Crippen molar-refractivity contribution in [3.63, 3.8) is 0 Å². The van der Waals surface area contributed by atoms with E-state index in [4.69, 9.17) is 4.74 Å². The fourth-order valence-corrected chi connectivity index (χ4v) is 6.35. The van der Waals surface area contributed by atoms with E-state index in [2.05, 4.69) is 58.0 Å². The number of benzene rings is 1. The van der Waals surface area contributed by atoms with E-state index in [0.717, 1.165) is 38.5 Å². The molecule has 0 amide bonds. The van der Waals surface area contributed by atoms with Crippen molar-refractivity contribution in [2.24, 2.45) is 23.2 Å². The highest BCUT2D eigenvalue weighted by molar-refractivity contribution is 6.05. The molecule has 1 aromatic rings. The number of allylic oxidation sites excluding steroid dienone is 2. The van der Waals surface area contributed by atoms with Crippen LogP contribution in [-0.4, -0.2) is 17.9 Å². The highest BCUT2D eigenvalue weighted by atomic mass is 16.5. The van der Waals surface area contributed by atoms with Gasteiger partial charge in [0, 0.05) is 12.3 Å². The van der Waals surface area contributed by atoms with E-state index in [1.807, 2.05) is 19.1 Å². The fourth-order valence-electron chi connectivity index (χ4n) is 6.35. The molecule has 0 saturated heterocycles. The van der Waals surface area contributed by atoms with Gasteiger partial charge in [-0.3, -0.25) is 9.59 Å². The van der Waals surface area contributed by atoms with Crippen molar-refractivity contribution in [2.45, 2.75) is 97.5 Å². The third-order valence-corrected chi connectivity index (χ3v) is 8.24. The molecule has 1 aromatic carbocycles. The molecule has 3 rings (SSSR count). The zero-order valence-corrected chi connectivity index (χ0v) is 20.7. The van der Waals surface area contributed by atoms with Crippen molar-refractivity contribution in [1.29, 1.82) is 0 Å². The van der Waals surface area contributed by atoms with Gasteiger partial charge in [-0.25, -0.2) is 0 Å². The summed E-state index contributed by atoms with van der Waals surface area (Å²) in [6, 6.07) is 10.6. The summed E-state index contributed by atoms with van der Waals surface area (Å²) < 4.78 is 6.43. The lowest BCUT2D eigenvalue weighted by Crippen LogP contribution is -2.51. The molecule has 5 atom stereocenters. The SMILES string of the molecule is C/C=C/[C@H]1CCCC(=O)[C@@]1(CCC)C(=O)O[C@@H]1C[C@H](C)CC[C@H]1C(C)(C)c1ccccc1. The van der Waals surface area contributed by atoms with Gasteiger partial charge in [-0.1, -0.05) is 83.0 Å². The van der Waals surface area contributed by atoms with Gasteiger partial charge in [-0.15, -0.1) is 0 Å². The third kappa shape index (κ3) is 4.72. The van der Waals surface area contributed by atoms with Crippen LogP contribution >= 0.6 is 0 Å². The maximum absolute atomic E-state index is 13.9. The lowest BCUT2D eigenvalue weighted by molar-refractivity contribution is -0.177. The summed E-state index contributed by atoms with van der Waals surface area (Å²) in [5.74, 6) is 0.526. The number of ether oxygens (including phenoxy) is 1.